The minimum Gasteiger partial charge on any atom is -0.313 e. The molecule has 3 heteroatoms. The van der Waals surface area contributed by atoms with E-state index in [9.17, 15) is 0 Å². The van der Waals surface area contributed by atoms with Gasteiger partial charge < -0.3 is 5.32 Å². The van der Waals surface area contributed by atoms with Crippen molar-refractivity contribution in [2.75, 3.05) is 13.1 Å². The Morgan fingerprint density at radius 3 is 2.55 bits per heavy atom. The third-order valence-corrected chi connectivity index (χ3v) is 4.49. The fraction of sp³-hybridized carbons (Fsp3) is 0.294. The van der Waals surface area contributed by atoms with Crippen LogP contribution in [0.25, 0.3) is 16.5 Å². The van der Waals surface area contributed by atoms with Gasteiger partial charge in [0.2, 0.25) is 0 Å². The Bertz CT molecular complexity index is 569. The van der Waals surface area contributed by atoms with E-state index in [1.54, 1.807) is 0 Å². The van der Waals surface area contributed by atoms with E-state index in [0.29, 0.717) is 0 Å². The van der Waals surface area contributed by atoms with Crippen molar-refractivity contribution in [1.29, 1.82) is 0 Å². The van der Waals surface area contributed by atoms with Crippen LogP contribution >= 0.6 is 22.9 Å². The van der Waals surface area contributed by atoms with Crippen LogP contribution in [0.4, 0.5) is 0 Å². The van der Waals surface area contributed by atoms with Crippen LogP contribution in [0.3, 0.4) is 0 Å². The van der Waals surface area contributed by atoms with Crippen molar-refractivity contribution in [1.82, 2.24) is 5.32 Å². The predicted molar refractivity (Wildman–Crippen MR) is 91.6 cm³/mol. The molecule has 1 nitrogen and oxygen atoms in total. The molecule has 1 N–H and O–H groups in total. The van der Waals surface area contributed by atoms with Gasteiger partial charge in [0.15, 0.2) is 0 Å². The first-order valence-corrected chi connectivity index (χ1v) is 8.18. The van der Waals surface area contributed by atoms with E-state index in [1.165, 1.54) is 20.9 Å². The average Bonchev–Trinajstić information content (AvgIpc) is 2.92. The summed E-state index contributed by atoms with van der Waals surface area (Å²) < 4.78 is 0. The summed E-state index contributed by atoms with van der Waals surface area (Å²) in [6, 6.07) is 12.4. The molecule has 0 bridgehead atoms. The molecule has 0 fully saturated rings. The standard InChI is InChI=1S/C17H20ClNS/c1-3-13(12-19-4-2)11-16-9-10-17(20-16)14-5-7-15(18)8-6-14/h5-11,19H,3-4,12H2,1-2H3. The maximum atomic E-state index is 5.93. The fourth-order valence-electron chi connectivity index (χ4n) is 1.96. The topological polar surface area (TPSA) is 12.0 Å². The van der Waals surface area contributed by atoms with Crippen molar-refractivity contribution in [3.05, 3.63) is 51.9 Å². The molecule has 0 aliphatic rings. The first kappa shape index (κ1) is 15.3. The van der Waals surface area contributed by atoms with Gasteiger partial charge in [-0.15, -0.1) is 11.3 Å². The highest BCUT2D eigenvalue weighted by molar-refractivity contribution is 7.16. The van der Waals surface area contributed by atoms with Crippen LogP contribution in [0, 0.1) is 0 Å². The molecule has 0 saturated carbocycles. The van der Waals surface area contributed by atoms with Crippen molar-refractivity contribution in [2.45, 2.75) is 20.3 Å². The lowest BCUT2D eigenvalue weighted by Crippen LogP contribution is -2.15. The molecular formula is C17H20ClNS. The summed E-state index contributed by atoms with van der Waals surface area (Å²) in [5, 5.41) is 4.17. The van der Waals surface area contributed by atoms with Gasteiger partial charge in [-0.05, 0) is 48.9 Å². The molecule has 1 heterocycles. The van der Waals surface area contributed by atoms with Crippen molar-refractivity contribution < 1.29 is 0 Å². The lowest BCUT2D eigenvalue weighted by Gasteiger charge is -2.04. The van der Waals surface area contributed by atoms with Crippen LogP contribution in [-0.2, 0) is 0 Å². The highest BCUT2D eigenvalue weighted by atomic mass is 35.5. The molecule has 0 atom stereocenters. The third kappa shape index (κ3) is 4.20. The number of likely N-dealkylation sites (N-methyl/N-ethyl adjacent to an activating group) is 1. The second-order valence-electron chi connectivity index (χ2n) is 4.65. The van der Waals surface area contributed by atoms with Crippen LogP contribution in [0.15, 0.2) is 42.0 Å². The van der Waals surface area contributed by atoms with E-state index >= 15 is 0 Å². The number of thiophene rings is 1. The predicted octanol–water partition coefficient (Wildman–Crippen LogP) is 5.47. The van der Waals surface area contributed by atoms with Gasteiger partial charge in [0.1, 0.15) is 0 Å². The molecule has 0 saturated heterocycles. The summed E-state index contributed by atoms with van der Waals surface area (Å²) in [7, 11) is 0. The fourth-order valence-corrected chi connectivity index (χ4v) is 3.10. The van der Waals surface area contributed by atoms with E-state index in [4.69, 9.17) is 11.6 Å². The number of nitrogens with one attached hydrogen (secondary N) is 1. The van der Waals surface area contributed by atoms with Crippen molar-refractivity contribution in [3.63, 3.8) is 0 Å². The Balaban J connectivity index is 2.15. The second-order valence-corrected chi connectivity index (χ2v) is 6.20. The van der Waals surface area contributed by atoms with Gasteiger partial charge in [0.05, 0.1) is 0 Å². The first-order chi connectivity index (χ1) is 9.72. The molecule has 1 aromatic carbocycles. The van der Waals surface area contributed by atoms with Gasteiger partial charge >= 0.3 is 0 Å². The Morgan fingerprint density at radius 2 is 1.90 bits per heavy atom. The number of hydrogen-bond donors (Lipinski definition) is 1. The third-order valence-electron chi connectivity index (χ3n) is 3.16. The smallest absolute Gasteiger partial charge is 0.0406 e. The summed E-state index contributed by atoms with van der Waals surface area (Å²) in [4.78, 5) is 2.59. The molecule has 0 unspecified atom stereocenters. The summed E-state index contributed by atoms with van der Waals surface area (Å²) in [5.41, 5.74) is 2.67. The van der Waals surface area contributed by atoms with Gasteiger partial charge in [-0.2, -0.15) is 0 Å². The highest BCUT2D eigenvalue weighted by Crippen LogP contribution is 2.30. The number of hydrogen-bond acceptors (Lipinski definition) is 2. The maximum Gasteiger partial charge on any atom is 0.0406 e. The van der Waals surface area contributed by atoms with E-state index in [2.05, 4.69) is 49.5 Å². The van der Waals surface area contributed by atoms with Crippen LogP contribution in [-0.4, -0.2) is 13.1 Å². The normalized spacial score (nSPS) is 11.8. The summed E-state index contributed by atoms with van der Waals surface area (Å²) >= 11 is 7.75. The van der Waals surface area contributed by atoms with Crippen molar-refractivity contribution >= 4 is 29.0 Å². The summed E-state index contributed by atoms with van der Waals surface area (Å²) in [5.74, 6) is 0. The van der Waals surface area contributed by atoms with Crippen LogP contribution in [0.1, 0.15) is 25.1 Å². The summed E-state index contributed by atoms with van der Waals surface area (Å²) in [6.45, 7) is 6.33. The van der Waals surface area contributed by atoms with Gasteiger partial charge in [-0.3, -0.25) is 0 Å². The minimum absolute atomic E-state index is 0.782. The molecule has 0 spiro atoms. The molecule has 20 heavy (non-hydrogen) atoms. The Morgan fingerprint density at radius 1 is 1.15 bits per heavy atom. The quantitative estimate of drug-likeness (QED) is 0.746. The molecular weight excluding hydrogens is 286 g/mol. The lowest BCUT2D eigenvalue weighted by molar-refractivity contribution is 0.762. The summed E-state index contributed by atoms with van der Waals surface area (Å²) in [6.07, 6.45) is 3.38. The van der Waals surface area contributed by atoms with Gasteiger partial charge in [0, 0.05) is 21.3 Å². The second kappa shape index (κ2) is 7.63. The zero-order valence-corrected chi connectivity index (χ0v) is 13.5. The van der Waals surface area contributed by atoms with E-state index in [1.807, 2.05) is 23.5 Å². The molecule has 1 aromatic heterocycles. The van der Waals surface area contributed by atoms with Crippen LogP contribution < -0.4 is 5.32 Å². The first-order valence-electron chi connectivity index (χ1n) is 6.99. The minimum atomic E-state index is 0.782. The van der Waals surface area contributed by atoms with Crippen molar-refractivity contribution in [3.8, 4) is 10.4 Å². The largest absolute Gasteiger partial charge is 0.313 e. The molecule has 0 aliphatic carbocycles. The molecule has 2 rings (SSSR count). The Hall–Kier alpha value is -1.09. The van der Waals surface area contributed by atoms with Gasteiger partial charge in [-0.25, -0.2) is 0 Å². The molecule has 0 radical (unpaired) electrons. The monoisotopic (exact) mass is 305 g/mol. The number of benzene rings is 1. The molecule has 106 valence electrons. The number of rotatable bonds is 6. The van der Waals surface area contributed by atoms with E-state index in [-0.39, 0.29) is 0 Å². The SMILES string of the molecule is CCNCC(=Cc1ccc(-c2ccc(Cl)cc2)s1)CC. The highest BCUT2D eigenvalue weighted by Gasteiger charge is 2.02. The number of halogens is 1. The Kier molecular flexibility index (Phi) is 5.84. The van der Waals surface area contributed by atoms with Gasteiger partial charge in [-0.1, -0.05) is 43.2 Å². The Labute approximate surface area is 130 Å². The van der Waals surface area contributed by atoms with E-state index < -0.39 is 0 Å². The molecule has 0 aliphatic heterocycles. The van der Waals surface area contributed by atoms with Crippen molar-refractivity contribution in [2.24, 2.45) is 0 Å². The zero-order chi connectivity index (χ0) is 14.4. The average molecular weight is 306 g/mol. The van der Waals surface area contributed by atoms with Crippen LogP contribution in [0.2, 0.25) is 5.02 Å². The van der Waals surface area contributed by atoms with Gasteiger partial charge in [0.25, 0.3) is 0 Å². The van der Waals surface area contributed by atoms with Crippen LogP contribution in [0.5, 0.6) is 0 Å². The molecule has 2 aromatic rings. The van der Waals surface area contributed by atoms with E-state index in [0.717, 1.165) is 24.5 Å². The lowest BCUT2D eigenvalue weighted by atomic mass is 10.1. The molecule has 0 amide bonds. The zero-order valence-electron chi connectivity index (χ0n) is 11.9. The maximum absolute atomic E-state index is 5.93.